The van der Waals surface area contributed by atoms with Gasteiger partial charge in [0.15, 0.2) is 0 Å². The van der Waals surface area contributed by atoms with Crippen molar-refractivity contribution in [1.82, 2.24) is 4.72 Å². The molecule has 1 aromatic rings. The van der Waals surface area contributed by atoms with Crippen molar-refractivity contribution in [3.8, 4) is 6.07 Å². The molecule has 0 aliphatic rings. The summed E-state index contributed by atoms with van der Waals surface area (Å²) in [6.45, 7) is 4.45. The van der Waals surface area contributed by atoms with Crippen molar-refractivity contribution in [1.29, 1.82) is 5.26 Å². The molecule has 114 valence electrons. The standard InChI is InChI=1S/C12H14ClN3O4S/c1-8-10(13)4-9(5-11(8)16(17)18)21(19,20)15-7-12(2,3)6-14/h4-5,15H,7H2,1-3H3. The highest BCUT2D eigenvalue weighted by atomic mass is 35.5. The van der Waals surface area contributed by atoms with Gasteiger partial charge in [0.2, 0.25) is 10.0 Å². The molecule has 0 saturated carbocycles. The third-order valence-electron chi connectivity index (χ3n) is 2.80. The average Bonchev–Trinajstić information content (AvgIpc) is 2.39. The average molecular weight is 332 g/mol. The van der Waals surface area contributed by atoms with Crippen LogP contribution in [-0.2, 0) is 10.0 Å². The van der Waals surface area contributed by atoms with Crippen LogP contribution in [0.5, 0.6) is 0 Å². The fourth-order valence-electron chi connectivity index (χ4n) is 1.38. The van der Waals surface area contributed by atoms with Crippen molar-refractivity contribution in [3.05, 3.63) is 32.8 Å². The van der Waals surface area contributed by atoms with Gasteiger partial charge in [-0.05, 0) is 26.8 Å². The molecule has 7 nitrogen and oxygen atoms in total. The summed E-state index contributed by atoms with van der Waals surface area (Å²) in [6.07, 6.45) is 0. The zero-order valence-corrected chi connectivity index (χ0v) is 13.2. The highest BCUT2D eigenvalue weighted by Gasteiger charge is 2.25. The van der Waals surface area contributed by atoms with E-state index in [1.807, 2.05) is 6.07 Å². The predicted molar refractivity (Wildman–Crippen MR) is 77.4 cm³/mol. The van der Waals surface area contributed by atoms with E-state index in [1.54, 1.807) is 13.8 Å². The van der Waals surface area contributed by atoms with Gasteiger partial charge in [-0.1, -0.05) is 11.6 Å². The van der Waals surface area contributed by atoms with E-state index in [0.29, 0.717) is 0 Å². The number of halogens is 1. The SMILES string of the molecule is Cc1c(Cl)cc(S(=O)(=O)NCC(C)(C)C#N)cc1[N+](=O)[O-]. The smallest absolute Gasteiger partial charge is 0.258 e. The number of nitrogens with zero attached hydrogens (tertiary/aromatic N) is 2. The molecule has 0 saturated heterocycles. The van der Waals surface area contributed by atoms with Gasteiger partial charge >= 0.3 is 0 Å². The molecule has 1 rings (SSSR count). The highest BCUT2D eigenvalue weighted by molar-refractivity contribution is 7.89. The van der Waals surface area contributed by atoms with Crippen LogP contribution in [0.3, 0.4) is 0 Å². The normalized spacial score (nSPS) is 12.0. The van der Waals surface area contributed by atoms with E-state index in [1.165, 1.54) is 6.92 Å². The highest BCUT2D eigenvalue weighted by Crippen LogP contribution is 2.29. The van der Waals surface area contributed by atoms with Crippen molar-refractivity contribution in [2.45, 2.75) is 25.7 Å². The first-order valence-corrected chi connectivity index (χ1v) is 7.72. The van der Waals surface area contributed by atoms with E-state index in [9.17, 15) is 18.5 Å². The molecule has 0 spiro atoms. The topological polar surface area (TPSA) is 113 Å². The van der Waals surface area contributed by atoms with E-state index in [4.69, 9.17) is 16.9 Å². The number of hydrogen-bond acceptors (Lipinski definition) is 5. The number of nitro benzene ring substituents is 1. The first-order valence-electron chi connectivity index (χ1n) is 5.85. The van der Waals surface area contributed by atoms with Gasteiger partial charge in [0.1, 0.15) is 0 Å². The molecular formula is C12H14ClN3O4S. The molecule has 0 aromatic heterocycles. The molecule has 1 N–H and O–H groups in total. The quantitative estimate of drug-likeness (QED) is 0.657. The zero-order chi connectivity index (χ0) is 16.4. The van der Waals surface area contributed by atoms with Gasteiger partial charge in [-0.3, -0.25) is 10.1 Å². The summed E-state index contributed by atoms with van der Waals surface area (Å²) in [5, 5.41) is 19.8. The van der Waals surface area contributed by atoms with Gasteiger partial charge in [-0.15, -0.1) is 0 Å². The van der Waals surface area contributed by atoms with Gasteiger partial charge in [0, 0.05) is 18.2 Å². The van der Waals surface area contributed by atoms with E-state index in [0.717, 1.165) is 12.1 Å². The van der Waals surface area contributed by atoms with Crippen molar-refractivity contribution < 1.29 is 13.3 Å². The fourth-order valence-corrected chi connectivity index (χ4v) is 2.92. The number of rotatable bonds is 5. The maximum Gasteiger partial charge on any atom is 0.275 e. The number of nitro groups is 1. The second-order valence-electron chi connectivity index (χ2n) is 5.13. The molecule has 0 fully saturated rings. The minimum absolute atomic E-state index is 0.0101. The molecule has 1 aromatic carbocycles. The van der Waals surface area contributed by atoms with Crippen molar-refractivity contribution in [3.63, 3.8) is 0 Å². The molecule has 0 atom stereocenters. The van der Waals surface area contributed by atoms with Gasteiger partial charge in [0.05, 0.1) is 26.3 Å². The summed E-state index contributed by atoms with van der Waals surface area (Å²) in [5.41, 5.74) is -1.08. The van der Waals surface area contributed by atoms with Crippen molar-refractivity contribution in [2.24, 2.45) is 5.41 Å². The summed E-state index contributed by atoms with van der Waals surface area (Å²) in [7, 11) is -3.99. The second-order valence-corrected chi connectivity index (χ2v) is 7.30. The third kappa shape index (κ3) is 4.14. The van der Waals surface area contributed by atoms with Crippen LogP contribution in [0.1, 0.15) is 19.4 Å². The Hall–Kier alpha value is -1.69. The van der Waals surface area contributed by atoms with Crippen LogP contribution in [0.2, 0.25) is 5.02 Å². The summed E-state index contributed by atoms with van der Waals surface area (Å²) in [6, 6.07) is 4.05. The van der Waals surface area contributed by atoms with Gasteiger partial charge in [0.25, 0.3) is 5.69 Å². The second kappa shape index (κ2) is 5.97. The Morgan fingerprint density at radius 2 is 2.05 bits per heavy atom. The molecule has 0 aliphatic carbocycles. The number of sulfonamides is 1. The van der Waals surface area contributed by atoms with Crippen LogP contribution in [0.25, 0.3) is 0 Å². The monoisotopic (exact) mass is 331 g/mol. The third-order valence-corrected chi connectivity index (χ3v) is 4.58. The van der Waals surface area contributed by atoms with Gasteiger partial charge in [-0.25, -0.2) is 13.1 Å². The fraction of sp³-hybridized carbons (Fsp3) is 0.417. The molecule has 0 heterocycles. The summed E-state index contributed by atoms with van der Waals surface area (Å²) in [4.78, 5) is 9.90. The molecule has 21 heavy (non-hydrogen) atoms. The van der Waals surface area contributed by atoms with E-state index >= 15 is 0 Å². The Morgan fingerprint density at radius 3 is 2.52 bits per heavy atom. The predicted octanol–water partition coefficient (Wildman–Crippen LogP) is 2.38. The van der Waals surface area contributed by atoms with Crippen LogP contribution in [-0.4, -0.2) is 19.9 Å². The van der Waals surface area contributed by atoms with Crippen molar-refractivity contribution in [2.75, 3.05) is 6.54 Å². The summed E-state index contributed by atoms with van der Waals surface area (Å²) < 4.78 is 26.5. The number of nitrogens with one attached hydrogen (secondary N) is 1. The zero-order valence-electron chi connectivity index (χ0n) is 11.7. The Labute approximate surface area is 127 Å². The Bertz CT molecular complexity index is 723. The van der Waals surface area contributed by atoms with Gasteiger partial charge in [-0.2, -0.15) is 5.26 Å². The summed E-state index contributed by atoms with van der Waals surface area (Å²) >= 11 is 5.84. The lowest BCUT2D eigenvalue weighted by Crippen LogP contribution is -2.33. The maximum absolute atomic E-state index is 12.1. The molecular weight excluding hydrogens is 318 g/mol. The molecule has 0 bridgehead atoms. The summed E-state index contributed by atoms with van der Waals surface area (Å²) in [5.74, 6) is 0. The molecule has 0 amide bonds. The molecule has 0 unspecified atom stereocenters. The van der Waals surface area contributed by atoms with Crippen LogP contribution < -0.4 is 4.72 Å². The minimum Gasteiger partial charge on any atom is -0.258 e. The lowest BCUT2D eigenvalue weighted by Gasteiger charge is -2.16. The van der Waals surface area contributed by atoms with Gasteiger partial charge < -0.3 is 0 Å². The Balaban J connectivity index is 3.22. The van der Waals surface area contributed by atoms with E-state index in [2.05, 4.69) is 4.72 Å². The minimum atomic E-state index is -3.99. The number of hydrogen-bond donors (Lipinski definition) is 1. The van der Waals surface area contributed by atoms with Crippen LogP contribution in [0, 0.1) is 33.8 Å². The van der Waals surface area contributed by atoms with Crippen LogP contribution in [0.15, 0.2) is 17.0 Å². The first kappa shape index (κ1) is 17.4. The van der Waals surface area contributed by atoms with Crippen LogP contribution in [0.4, 0.5) is 5.69 Å². The lowest BCUT2D eigenvalue weighted by molar-refractivity contribution is -0.385. The lowest BCUT2D eigenvalue weighted by atomic mass is 9.97. The maximum atomic E-state index is 12.1. The Kier molecular flexibility index (Phi) is 4.94. The van der Waals surface area contributed by atoms with E-state index < -0.39 is 20.4 Å². The van der Waals surface area contributed by atoms with E-state index in [-0.39, 0.29) is 27.7 Å². The van der Waals surface area contributed by atoms with Crippen molar-refractivity contribution >= 4 is 27.3 Å². The number of nitriles is 1. The first-order chi connectivity index (χ1) is 9.50. The molecule has 0 aliphatic heterocycles. The van der Waals surface area contributed by atoms with Crippen LogP contribution >= 0.6 is 11.6 Å². The Morgan fingerprint density at radius 1 is 1.48 bits per heavy atom. The number of benzene rings is 1. The largest absolute Gasteiger partial charge is 0.275 e. The molecule has 9 heteroatoms. The molecule has 0 radical (unpaired) electrons.